The topological polar surface area (TPSA) is 70.2 Å². The summed E-state index contributed by atoms with van der Waals surface area (Å²) in [4.78, 5) is 16.4. The highest BCUT2D eigenvalue weighted by Crippen LogP contribution is 2.28. The average molecular weight is 484 g/mol. The number of benzene rings is 2. The van der Waals surface area contributed by atoms with E-state index in [0.29, 0.717) is 31.2 Å². The minimum atomic E-state index is -4.12. The Kier molecular flexibility index (Phi) is 7.63. The molecule has 2 aromatic rings. The molecule has 7 nitrogen and oxygen atoms in total. The first-order chi connectivity index (χ1) is 15.2. The van der Waals surface area contributed by atoms with Crippen LogP contribution in [-0.4, -0.2) is 69.9 Å². The predicted molar refractivity (Wildman–Crippen MR) is 122 cm³/mol. The monoisotopic (exact) mass is 483 g/mol. The van der Waals surface area contributed by atoms with Gasteiger partial charge in [-0.05, 0) is 42.8 Å². The van der Waals surface area contributed by atoms with Gasteiger partial charge in [-0.25, -0.2) is 12.8 Å². The number of piperazine rings is 1. The first-order valence-corrected chi connectivity index (χ1v) is 12.1. The number of amides is 1. The number of hydrogen-bond donors (Lipinski definition) is 0. The number of halogens is 2. The third-order valence-electron chi connectivity index (χ3n) is 5.55. The molecule has 0 unspecified atom stereocenters. The molecule has 1 amide bonds. The molecule has 1 aliphatic rings. The van der Waals surface area contributed by atoms with Gasteiger partial charge >= 0.3 is 0 Å². The highest BCUT2D eigenvalue weighted by atomic mass is 35.5. The summed E-state index contributed by atoms with van der Waals surface area (Å²) in [5.41, 5.74) is 2.13. The van der Waals surface area contributed by atoms with E-state index in [9.17, 15) is 17.6 Å². The van der Waals surface area contributed by atoms with Crippen molar-refractivity contribution in [2.75, 3.05) is 51.3 Å². The van der Waals surface area contributed by atoms with Gasteiger partial charge in [-0.2, -0.15) is 4.31 Å². The molecule has 0 radical (unpaired) electrons. The van der Waals surface area contributed by atoms with E-state index < -0.39 is 15.8 Å². The largest absolute Gasteiger partial charge is 0.495 e. The molecule has 0 bridgehead atoms. The van der Waals surface area contributed by atoms with Crippen molar-refractivity contribution in [2.45, 2.75) is 18.7 Å². The first-order valence-electron chi connectivity index (χ1n) is 10.3. The summed E-state index contributed by atoms with van der Waals surface area (Å²) >= 11 is 6.13. The van der Waals surface area contributed by atoms with Crippen molar-refractivity contribution in [1.82, 2.24) is 9.21 Å². The number of sulfonamides is 1. The van der Waals surface area contributed by atoms with Crippen LogP contribution in [0.3, 0.4) is 0 Å². The fraction of sp³-hybridized carbons (Fsp3) is 0.409. The lowest BCUT2D eigenvalue weighted by molar-refractivity contribution is -0.131. The number of rotatable bonds is 7. The molecule has 1 saturated heterocycles. The van der Waals surface area contributed by atoms with Gasteiger partial charge in [0.05, 0.1) is 13.7 Å². The molecule has 2 aromatic carbocycles. The molecule has 32 heavy (non-hydrogen) atoms. The molecule has 0 N–H and O–H groups in total. The van der Waals surface area contributed by atoms with Gasteiger partial charge in [0.2, 0.25) is 15.9 Å². The van der Waals surface area contributed by atoms with E-state index in [4.69, 9.17) is 16.3 Å². The number of hydrogen-bond acceptors (Lipinski definition) is 5. The smallest absolute Gasteiger partial charge is 0.247 e. The number of ether oxygens (including phenoxy) is 1. The van der Waals surface area contributed by atoms with Crippen molar-refractivity contribution >= 4 is 33.2 Å². The molecule has 1 heterocycles. The van der Waals surface area contributed by atoms with Gasteiger partial charge in [0.1, 0.15) is 16.5 Å². The van der Waals surface area contributed by atoms with E-state index >= 15 is 0 Å². The number of likely N-dealkylation sites (N-methyl/N-ethyl adjacent to an activating group) is 1. The Labute approximate surface area is 193 Å². The van der Waals surface area contributed by atoms with E-state index in [2.05, 4.69) is 4.90 Å². The highest BCUT2D eigenvalue weighted by molar-refractivity contribution is 7.89. The normalized spacial score (nSPS) is 14.7. The van der Waals surface area contributed by atoms with Crippen molar-refractivity contribution in [3.63, 3.8) is 0 Å². The van der Waals surface area contributed by atoms with Crippen LogP contribution in [0, 0.1) is 12.7 Å². The fourth-order valence-electron chi connectivity index (χ4n) is 3.73. The molecule has 1 aliphatic heterocycles. The Morgan fingerprint density at radius 3 is 2.47 bits per heavy atom. The van der Waals surface area contributed by atoms with Gasteiger partial charge in [-0.15, -0.1) is 0 Å². The summed E-state index contributed by atoms with van der Waals surface area (Å²) in [6.45, 7) is 5.54. The third kappa shape index (κ3) is 5.16. The third-order valence-corrected chi connectivity index (χ3v) is 7.73. The molecular formula is C22H27ClFN3O4S. The summed E-state index contributed by atoms with van der Waals surface area (Å²) in [6.07, 6.45) is 0. The number of aryl methyl sites for hydroxylation is 1. The Morgan fingerprint density at radius 1 is 1.16 bits per heavy atom. The summed E-state index contributed by atoms with van der Waals surface area (Å²) in [5.74, 6) is -0.963. The van der Waals surface area contributed by atoms with E-state index in [1.54, 1.807) is 11.8 Å². The summed E-state index contributed by atoms with van der Waals surface area (Å²) in [7, 11) is -2.80. The zero-order valence-corrected chi connectivity index (χ0v) is 19.9. The van der Waals surface area contributed by atoms with Crippen LogP contribution < -0.4 is 9.64 Å². The van der Waals surface area contributed by atoms with Gasteiger partial charge in [-0.1, -0.05) is 24.6 Å². The number of nitrogens with zero attached hydrogens (tertiary/aromatic N) is 3. The lowest BCUT2D eigenvalue weighted by atomic mass is 10.1. The van der Waals surface area contributed by atoms with Crippen molar-refractivity contribution in [3.8, 4) is 5.75 Å². The van der Waals surface area contributed by atoms with Gasteiger partial charge in [0.15, 0.2) is 0 Å². The predicted octanol–water partition coefficient (Wildman–Crippen LogP) is 3.16. The lowest BCUT2D eigenvalue weighted by Crippen LogP contribution is -2.52. The molecule has 174 valence electrons. The fourth-order valence-corrected chi connectivity index (χ4v) is 5.46. The Morgan fingerprint density at radius 2 is 1.84 bits per heavy atom. The van der Waals surface area contributed by atoms with Crippen molar-refractivity contribution in [1.29, 1.82) is 0 Å². The second-order valence-corrected chi connectivity index (χ2v) is 9.87. The van der Waals surface area contributed by atoms with Crippen LogP contribution in [0.5, 0.6) is 5.75 Å². The maximum Gasteiger partial charge on any atom is 0.247 e. The lowest BCUT2D eigenvalue weighted by Gasteiger charge is -2.37. The molecule has 0 aromatic heterocycles. The molecule has 0 spiro atoms. The van der Waals surface area contributed by atoms with Crippen molar-refractivity contribution < 1.29 is 22.3 Å². The first kappa shape index (κ1) is 24.3. The molecule has 1 fully saturated rings. The van der Waals surface area contributed by atoms with Gasteiger partial charge in [0.25, 0.3) is 0 Å². The van der Waals surface area contributed by atoms with Crippen LogP contribution in [0.15, 0.2) is 41.3 Å². The Balaban J connectivity index is 1.70. The van der Waals surface area contributed by atoms with Crippen LogP contribution in [0.25, 0.3) is 0 Å². The average Bonchev–Trinajstić information content (AvgIpc) is 2.78. The quantitative estimate of drug-likeness (QED) is 0.605. The highest BCUT2D eigenvalue weighted by Gasteiger charge is 2.31. The van der Waals surface area contributed by atoms with E-state index in [0.717, 1.165) is 27.7 Å². The Bertz CT molecular complexity index is 1090. The van der Waals surface area contributed by atoms with Crippen LogP contribution in [0.1, 0.15) is 12.5 Å². The molecule has 3 rings (SSSR count). The van der Waals surface area contributed by atoms with Crippen molar-refractivity contribution in [2.24, 2.45) is 0 Å². The summed E-state index contributed by atoms with van der Waals surface area (Å²) in [6, 6.07) is 9.00. The Hall–Kier alpha value is -2.36. The second kappa shape index (κ2) is 10.1. The number of methoxy groups -OCH3 is 1. The zero-order valence-electron chi connectivity index (χ0n) is 18.3. The van der Waals surface area contributed by atoms with E-state index in [1.165, 1.54) is 13.2 Å². The molecule has 0 saturated carbocycles. The van der Waals surface area contributed by atoms with E-state index in [-0.39, 0.29) is 29.6 Å². The van der Waals surface area contributed by atoms with Crippen LogP contribution in [0.2, 0.25) is 5.02 Å². The van der Waals surface area contributed by atoms with Gasteiger partial charge < -0.3 is 14.5 Å². The number of carbonyl (C=O) groups excluding carboxylic acids is 1. The summed E-state index contributed by atoms with van der Waals surface area (Å²) < 4.78 is 46.1. The van der Waals surface area contributed by atoms with Gasteiger partial charge in [0, 0.05) is 43.4 Å². The molecule has 0 aliphatic carbocycles. The van der Waals surface area contributed by atoms with Crippen LogP contribution in [-0.2, 0) is 14.8 Å². The molecule has 10 heteroatoms. The SMILES string of the molecule is CCN(CC(=O)N1CCN(c2cc(Cl)ccc2C)CC1)S(=O)(=O)c1cc(F)ccc1OC. The zero-order chi connectivity index (χ0) is 23.5. The number of anilines is 1. The maximum atomic E-state index is 13.7. The van der Waals surface area contributed by atoms with Gasteiger partial charge in [-0.3, -0.25) is 4.79 Å². The minimum absolute atomic E-state index is 0.0304. The van der Waals surface area contributed by atoms with Crippen LogP contribution >= 0.6 is 11.6 Å². The standard InChI is InChI=1S/C22H27ClFN3O4S/c1-4-27(32(29,30)21-14-18(24)7-8-20(21)31-3)15-22(28)26-11-9-25(10-12-26)19-13-17(23)6-5-16(19)2/h5-8,13-14H,4,9-12,15H2,1-3H3. The van der Waals surface area contributed by atoms with Crippen molar-refractivity contribution in [3.05, 3.63) is 52.8 Å². The second-order valence-electron chi connectivity index (χ2n) is 7.53. The number of carbonyl (C=O) groups is 1. The molecule has 0 atom stereocenters. The maximum absolute atomic E-state index is 13.7. The summed E-state index contributed by atoms with van der Waals surface area (Å²) in [5, 5.41) is 0.653. The van der Waals surface area contributed by atoms with E-state index in [1.807, 2.05) is 25.1 Å². The minimum Gasteiger partial charge on any atom is -0.495 e. The molecular weight excluding hydrogens is 457 g/mol. The van der Waals surface area contributed by atoms with Crippen LogP contribution in [0.4, 0.5) is 10.1 Å².